The Balaban J connectivity index is 0.000000921. The van der Waals surface area contributed by atoms with Crippen molar-refractivity contribution in [3.8, 4) is 0 Å². The molecule has 0 saturated carbocycles. The number of rotatable bonds is 2. The third kappa shape index (κ3) is 4.01. The Morgan fingerprint density at radius 2 is 1.71 bits per heavy atom. The molecule has 114 valence electrons. The summed E-state index contributed by atoms with van der Waals surface area (Å²) in [6, 6.07) is 4.04. The largest absolute Gasteiger partial charge is 0.262 e. The molecule has 0 N–H and O–H groups in total. The average molecular weight is 284 g/mol. The topological polar surface area (TPSA) is 25.2 Å². The molecule has 0 radical (unpaired) electrons. The zero-order chi connectivity index (χ0) is 16.4. The van der Waals surface area contributed by atoms with Crippen LogP contribution in [-0.4, -0.2) is 11.7 Å². The molecule has 21 heavy (non-hydrogen) atoms. The highest BCUT2D eigenvalue weighted by Gasteiger charge is 2.12. The highest BCUT2D eigenvalue weighted by molar-refractivity contribution is 5.97. The van der Waals surface area contributed by atoms with Crippen LogP contribution in [0, 0.1) is 13.8 Å². The molecule has 0 aliphatic carbocycles. The molecule has 2 aromatic rings. The summed E-state index contributed by atoms with van der Waals surface area (Å²) in [4.78, 5) is 8.58. The number of aliphatic imine (C=N–C) groups is 1. The monoisotopic (exact) mass is 284 g/mol. The van der Waals surface area contributed by atoms with Crippen LogP contribution in [0.4, 0.5) is 5.69 Å². The SMILES string of the molecule is C=Nc1c(/C=C\C)c(C)c(C)c2cccnc12.CC.CC. The summed E-state index contributed by atoms with van der Waals surface area (Å²) in [5.41, 5.74) is 5.42. The van der Waals surface area contributed by atoms with Gasteiger partial charge in [0.15, 0.2) is 0 Å². The van der Waals surface area contributed by atoms with Crippen LogP contribution >= 0.6 is 0 Å². The summed E-state index contributed by atoms with van der Waals surface area (Å²) in [6.07, 6.45) is 5.89. The highest BCUT2D eigenvalue weighted by Crippen LogP contribution is 2.35. The van der Waals surface area contributed by atoms with Crippen molar-refractivity contribution in [3.05, 3.63) is 41.1 Å². The van der Waals surface area contributed by atoms with Crippen LogP contribution in [0.3, 0.4) is 0 Å². The van der Waals surface area contributed by atoms with Gasteiger partial charge in [0.05, 0.1) is 11.2 Å². The molecule has 0 bridgehead atoms. The minimum Gasteiger partial charge on any atom is -0.262 e. The fourth-order valence-electron chi connectivity index (χ4n) is 2.14. The molecule has 0 fully saturated rings. The van der Waals surface area contributed by atoms with E-state index in [0.717, 1.165) is 22.2 Å². The lowest BCUT2D eigenvalue weighted by atomic mass is 9.96. The number of benzene rings is 1. The fraction of sp³-hybridized carbons (Fsp3) is 0.368. The van der Waals surface area contributed by atoms with E-state index in [0.29, 0.717) is 0 Å². The molecular formula is C19H28N2. The van der Waals surface area contributed by atoms with Gasteiger partial charge in [0.1, 0.15) is 0 Å². The second-order valence-electron chi connectivity index (χ2n) is 4.07. The minimum absolute atomic E-state index is 0.877. The summed E-state index contributed by atoms with van der Waals surface area (Å²) < 4.78 is 0. The van der Waals surface area contributed by atoms with E-state index >= 15 is 0 Å². The lowest BCUT2D eigenvalue weighted by molar-refractivity contribution is 1.31. The number of pyridine rings is 1. The van der Waals surface area contributed by atoms with E-state index in [-0.39, 0.29) is 0 Å². The lowest BCUT2D eigenvalue weighted by Crippen LogP contribution is -1.92. The standard InChI is InChI=1S/C15H16N2.2C2H6/c1-5-7-12-10(2)11(3)13-8-6-9-17-15(13)14(12)16-4;2*1-2/h5-9H,4H2,1-3H3;2*1-2H3/b7-5-;;. The van der Waals surface area contributed by atoms with Gasteiger partial charge in [-0.25, -0.2) is 0 Å². The van der Waals surface area contributed by atoms with Gasteiger partial charge in [-0.15, -0.1) is 0 Å². The van der Waals surface area contributed by atoms with Crippen LogP contribution in [-0.2, 0) is 0 Å². The van der Waals surface area contributed by atoms with Gasteiger partial charge in [0.25, 0.3) is 0 Å². The predicted octanol–water partition coefficient (Wildman–Crippen LogP) is 6.27. The van der Waals surface area contributed by atoms with Crippen LogP contribution in [0.2, 0.25) is 0 Å². The van der Waals surface area contributed by atoms with Crippen molar-refractivity contribution in [1.82, 2.24) is 4.98 Å². The number of nitrogens with zero attached hydrogens (tertiary/aromatic N) is 2. The molecule has 0 saturated heterocycles. The Morgan fingerprint density at radius 1 is 1.10 bits per heavy atom. The summed E-state index contributed by atoms with van der Waals surface area (Å²) in [7, 11) is 0. The first-order chi connectivity index (χ1) is 10.2. The zero-order valence-corrected chi connectivity index (χ0v) is 14.5. The van der Waals surface area contributed by atoms with Gasteiger partial charge >= 0.3 is 0 Å². The Labute approximate surface area is 129 Å². The lowest BCUT2D eigenvalue weighted by Gasteiger charge is -2.12. The van der Waals surface area contributed by atoms with Gasteiger partial charge in [-0.2, -0.15) is 0 Å². The molecule has 2 rings (SSSR count). The fourth-order valence-corrected chi connectivity index (χ4v) is 2.14. The summed E-state index contributed by atoms with van der Waals surface area (Å²) in [6.45, 7) is 17.9. The van der Waals surface area contributed by atoms with Crippen molar-refractivity contribution in [1.29, 1.82) is 0 Å². The number of aromatic nitrogens is 1. The second kappa shape index (κ2) is 9.87. The van der Waals surface area contributed by atoms with Crippen molar-refractivity contribution in [3.63, 3.8) is 0 Å². The molecule has 0 unspecified atom stereocenters. The molecular weight excluding hydrogens is 256 g/mol. The Morgan fingerprint density at radius 3 is 2.24 bits per heavy atom. The molecule has 0 atom stereocenters. The third-order valence-corrected chi connectivity index (χ3v) is 3.15. The molecule has 0 spiro atoms. The minimum atomic E-state index is 0.877. The Kier molecular flexibility index (Phi) is 8.95. The molecule has 1 heterocycles. The molecule has 0 aliphatic rings. The number of aryl methyl sites for hydroxylation is 1. The number of allylic oxidation sites excluding steroid dienone is 1. The number of hydrogen-bond donors (Lipinski definition) is 0. The maximum Gasteiger partial charge on any atom is 0.0967 e. The van der Waals surface area contributed by atoms with Crippen molar-refractivity contribution < 1.29 is 0 Å². The van der Waals surface area contributed by atoms with Crippen molar-refractivity contribution in [2.75, 3.05) is 0 Å². The first-order valence-electron chi connectivity index (χ1n) is 7.68. The summed E-state index contributed by atoms with van der Waals surface area (Å²) >= 11 is 0. The highest BCUT2D eigenvalue weighted by atomic mass is 14.8. The number of hydrogen-bond acceptors (Lipinski definition) is 2. The first kappa shape index (κ1) is 19.0. The van der Waals surface area contributed by atoms with Crippen LogP contribution in [0.25, 0.3) is 17.0 Å². The van der Waals surface area contributed by atoms with Gasteiger partial charge < -0.3 is 0 Å². The predicted molar refractivity (Wildman–Crippen MR) is 97.8 cm³/mol. The maximum atomic E-state index is 4.43. The molecule has 2 nitrogen and oxygen atoms in total. The zero-order valence-electron chi connectivity index (χ0n) is 14.5. The third-order valence-electron chi connectivity index (χ3n) is 3.15. The van der Waals surface area contributed by atoms with E-state index in [9.17, 15) is 0 Å². The maximum absolute atomic E-state index is 4.43. The van der Waals surface area contributed by atoms with Gasteiger partial charge in [-0.05, 0) is 44.7 Å². The van der Waals surface area contributed by atoms with E-state index in [1.54, 1.807) is 6.20 Å². The Hall–Kier alpha value is -1.96. The average Bonchev–Trinajstić information content (AvgIpc) is 2.56. The summed E-state index contributed by atoms with van der Waals surface area (Å²) in [5.74, 6) is 0. The second-order valence-corrected chi connectivity index (χ2v) is 4.07. The van der Waals surface area contributed by atoms with Crippen LogP contribution < -0.4 is 0 Å². The van der Waals surface area contributed by atoms with Crippen LogP contribution in [0.15, 0.2) is 29.4 Å². The van der Waals surface area contributed by atoms with Crippen LogP contribution in [0.5, 0.6) is 0 Å². The smallest absolute Gasteiger partial charge is 0.0967 e. The van der Waals surface area contributed by atoms with Gasteiger partial charge in [0, 0.05) is 17.1 Å². The van der Waals surface area contributed by atoms with Gasteiger partial charge in [-0.3, -0.25) is 9.98 Å². The number of fused-ring (bicyclic) bond motifs is 1. The normalized spacial score (nSPS) is 9.67. The van der Waals surface area contributed by atoms with Crippen molar-refractivity contribution in [2.24, 2.45) is 4.99 Å². The first-order valence-corrected chi connectivity index (χ1v) is 7.68. The molecule has 0 amide bonds. The van der Waals surface area contributed by atoms with Crippen LogP contribution in [0.1, 0.15) is 51.3 Å². The van der Waals surface area contributed by atoms with Gasteiger partial charge in [-0.1, -0.05) is 45.9 Å². The molecule has 1 aromatic heterocycles. The Bertz CT molecular complexity index is 610. The van der Waals surface area contributed by atoms with Crippen molar-refractivity contribution >= 4 is 29.4 Å². The molecule has 1 aromatic carbocycles. The van der Waals surface area contributed by atoms with E-state index in [2.05, 4.69) is 42.7 Å². The van der Waals surface area contributed by atoms with Crippen molar-refractivity contribution in [2.45, 2.75) is 48.5 Å². The van der Waals surface area contributed by atoms with Gasteiger partial charge in [0.2, 0.25) is 0 Å². The quantitative estimate of drug-likeness (QED) is 0.597. The van der Waals surface area contributed by atoms with E-state index < -0.39 is 0 Å². The molecule has 2 heteroatoms. The van der Waals surface area contributed by atoms with E-state index in [4.69, 9.17) is 0 Å². The molecule has 0 aliphatic heterocycles. The van der Waals surface area contributed by atoms with E-state index in [1.165, 1.54) is 11.1 Å². The van der Waals surface area contributed by atoms with E-state index in [1.807, 2.05) is 46.8 Å². The summed E-state index contributed by atoms with van der Waals surface area (Å²) in [5, 5.41) is 1.15.